The van der Waals surface area contributed by atoms with Crippen molar-refractivity contribution in [1.29, 1.82) is 0 Å². The summed E-state index contributed by atoms with van der Waals surface area (Å²) in [4.78, 5) is 38.4. The third kappa shape index (κ3) is 64.9. The second-order valence-corrected chi connectivity index (χ2v) is 22.3. The molecule has 0 aliphatic rings. The summed E-state index contributed by atoms with van der Waals surface area (Å²) in [6.07, 6.45) is 92.4. The largest absolute Gasteiger partial charge is 0.462 e. The van der Waals surface area contributed by atoms with Gasteiger partial charge in [0.05, 0.1) is 0 Å². The molecule has 0 fully saturated rings. The van der Waals surface area contributed by atoms with Crippen LogP contribution in [0.15, 0.2) is 109 Å². The Morgan fingerprint density at radius 1 is 0.263 bits per heavy atom. The van der Waals surface area contributed by atoms with Crippen LogP contribution in [-0.4, -0.2) is 37.2 Å². The van der Waals surface area contributed by atoms with Gasteiger partial charge in [-0.2, -0.15) is 0 Å². The molecule has 1 unspecified atom stereocenters. The van der Waals surface area contributed by atoms with Crippen LogP contribution in [0.25, 0.3) is 0 Å². The van der Waals surface area contributed by atoms with E-state index in [2.05, 4.69) is 130 Å². The van der Waals surface area contributed by atoms with Gasteiger partial charge in [-0.25, -0.2) is 0 Å². The summed E-state index contributed by atoms with van der Waals surface area (Å²) < 4.78 is 16.9. The van der Waals surface area contributed by atoms with Gasteiger partial charge in [-0.3, -0.25) is 14.4 Å². The smallest absolute Gasteiger partial charge is 0.306 e. The Balaban J connectivity index is 4.37. The standard InChI is InChI=1S/C74H126O6/c1-4-7-10-13-16-19-22-25-28-31-32-33-34-35-36-37-38-39-40-41-42-44-46-49-52-55-58-61-64-67-73(76)79-70-71(69-78-72(75)66-63-60-57-54-51-48-45-30-27-24-21-18-15-12-9-6-3)80-74(77)68-65-62-59-56-53-50-47-43-29-26-23-20-17-14-11-8-5-2/h7,10,16,19,25-26,28-30,32-33,35-36,38-39,41-42,45,71H,4-6,8-9,11-15,17-18,20-24,27,31,34,37,40,43-44,46-70H2,1-3H3/b10-7-,19-16-,28-25-,29-26-,33-32-,36-35-,39-38-,42-41-,45-30-. The molecule has 0 aliphatic carbocycles. The summed E-state index contributed by atoms with van der Waals surface area (Å²) in [5.41, 5.74) is 0. The van der Waals surface area contributed by atoms with Gasteiger partial charge in [-0.1, -0.05) is 284 Å². The van der Waals surface area contributed by atoms with E-state index in [4.69, 9.17) is 14.2 Å². The van der Waals surface area contributed by atoms with Crippen molar-refractivity contribution in [3.8, 4) is 0 Å². The lowest BCUT2D eigenvalue weighted by Gasteiger charge is -2.18. The maximum Gasteiger partial charge on any atom is 0.306 e. The number of carbonyl (C=O) groups is 3. The van der Waals surface area contributed by atoms with Crippen molar-refractivity contribution in [2.75, 3.05) is 13.2 Å². The molecule has 6 nitrogen and oxygen atoms in total. The molecular formula is C74H126O6. The number of rotatable bonds is 61. The number of unbranched alkanes of at least 4 members (excludes halogenated alkanes) is 32. The van der Waals surface area contributed by atoms with Crippen LogP contribution >= 0.6 is 0 Å². The van der Waals surface area contributed by atoms with Gasteiger partial charge in [-0.15, -0.1) is 0 Å². The lowest BCUT2D eigenvalue weighted by molar-refractivity contribution is -0.167. The summed E-state index contributed by atoms with van der Waals surface area (Å²) in [6, 6.07) is 0. The van der Waals surface area contributed by atoms with E-state index >= 15 is 0 Å². The zero-order chi connectivity index (χ0) is 57.8. The van der Waals surface area contributed by atoms with E-state index in [0.717, 1.165) is 116 Å². The molecule has 0 heterocycles. The highest BCUT2D eigenvalue weighted by Gasteiger charge is 2.19. The van der Waals surface area contributed by atoms with Crippen molar-refractivity contribution < 1.29 is 28.6 Å². The number of ether oxygens (including phenoxy) is 3. The van der Waals surface area contributed by atoms with Crippen molar-refractivity contribution >= 4 is 17.9 Å². The molecule has 0 amide bonds. The normalized spacial score (nSPS) is 12.8. The minimum Gasteiger partial charge on any atom is -0.462 e. The summed E-state index contributed by atoms with van der Waals surface area (Å²) in [5, 5.41) is 0. The molecule has 0 radical (unpaired) electrons. The fraction of sp³-hybridized carbons (Fsp3) is 0.716. The van der Waals surface area contributed by atoms with Crippen LogP contribution in [0.4, 0.5) is 0 Å². The monoisotopic (exact) mass is 1110 g/mol. The van der Waals surface area contributed by atoms with Gasteiger partial charge in [-0.05, 0) is 128 Å². The molecule has 0 rings (SSSR count). The van der Waals surface area contributed by atoms with E-state index in [9.17, 15) is 14.4 Å². The van der Waals surface area contributed by atoms with Crippen molar-refractivity contribution in [2.24, 2.45) is 0 Å². The molecule has 0 N–H and O–H groups in total. The summed E-state index contributed by atoms with van der Waals surface area (Å²) >= 11 is 0. The fourth-order valence-corrected chi connectivity index (χ4v) is 9.41. The highest BCUT2D eigenvalue weighted by Crippen LogP contribution is 2.16. The molecule has 458 valence electrons. The van der Waals surface area contributed by atoms with E-state index in [-0.39, 0.29) is 31.1 Å². The predicted octanol–water partition coefficient (Wildman–Crippen LogP) is 23.4. The van der Waals surface area contributed by atoms with E-state index in [1.165, 1.54) is 167 Å². The average Bonchev–Trinajstić information content (AvgIpc) is 3.46. The summed E-state index contributed by atoms with van der Waals surface area (Å²) in [5.74, 6) is -0.899. The minimum absolute atomic E-state index is 0.0868. The van der Waals surface area contributed by atoms with Gasteiger partial charge in [0.1, 0.15) is 13.2 Å². The molecule has 80 heavy (non-hydrogen) atoms. The molecule has 0 aromatic heterocycles. The second-order valence-electron chi connectivity index (χ2n) is 22.3. The Kier molecular flexibility index (Phi) is 64.3. The Labute approximate surface area is 495 Å². The first-order valence-corrected chi connectivity index (χ1v) is 33.9. The van der Waals surface area contributed by atoms with Crippen molar-refractivity contribution in [2.45, 2.75) is 329 Å². The predicted molar refractivity (Wildman–Crippen MR) is 348 cm³/mol. The van der Waals surface area contributed by atoms with E-state index in [1.807, 2.05) is 0 Å². The van der Waals surface area contributed by atoms with Gasteiger partial charge in [0.25, 0.3) is 0 Å². The van der Waals surface area contributed by atoms with Gasteiger partial charge in [0, 0.05) is 19.3 Å². The molecule has 1 atom stereocenters. The SMILES string of the molecule is CC/C=C\C/C=C\C/C=C\C/C=C\C/C=C\C/C=C\C/C=C\CCCCCCCCCC(=O)OCC(COC(=O)CCCCCCC/C=C\CCCCCCCCC)OC(=O)CCCCCCCCC/C=C\CCCCCCCC. The topological polar surface area (TPSA) is 78.9 Å². The third-order valence-corrected chi connectivity index (χ3v) is 14.5. The quantitative estimate of drug-likeness (QED) is 0.0261. The Morgan fingerprint density at radius 2 is 0.487 bits per heavy atom. The molecule has 6 heteroatoms. The number of hydrogen-bond donors (Lipinski definition) is 0. The molecule has 0 aliphatic heterocycles. The number of esters is 3. The van der Waals surface area contributed by atoms with Gasteiger partial charge in [0.15, 0.2) is 6.10 Å². The molecule has 0 saturated carbocycles. The van der Waals surface area contributed by atoms with Crippen LogP contribution in [0.3, 0.4) is 0 Å². The average molecular weight is 1110 g/mol. The number of hydrogen-bond acceptors (Lipinski definition) is 6. The maximum atomic E-state index is 12.9. The van der Waals surface area contributed by atoms with E-state index in [1.54, 1.807) is 0 Å². The minimum atomic E-state index is -0.791. The van der Waals surface area contributed by atoms with Crippen LogP contribution < -0.4 is 0 Å². The van der Waals surface area contributed by atoms with E-state index < -0.39 is 6.10 Å². The van der Waals surface area contributed by atoms with E-state index in [0.29, 0.717) is 19.3 Å². The Hall–Kier alpha value is -3.93. The summed E-state index contributed by atoms with van der Waals surface area (Å²) in [7, 11) is 0. The summed E-state index contributed by atoms with van der Waals surface area (Å²) in [6.45, 7) is 6.53. The van der Waals surface area contributed by atoms with Crippen LogP contribution in [0.1, 0.15) is 323 Å². The van der Waals surface area contributed by atoms with Crippen LogP contribution in [0, 0.1) is 0 Å². The Morgan fingerprint density at radius 3 is 0.775 bits per heavy atom. The molecule has 0 aromatic carbocycles. The maximum absolute atomic E-state index is 12.9. The van der Waals surface area contributed by atoms with Crippen LogP contribution in [-0.2, 0) is 28.6 Å². The first kappa shape index (κ1) is 76.1. The highest BCUT2D eigenvalue weighted by molar-refractivity contribution is 5.71. The van der Waals surface area contributed by atoms with Crippen molar-refractivity contribution in [1.82, 2.24) is 0 Å². The molecule has 0 aromatic rings. The van der Waals surface area contributed by atoms with Gasteiger partial charge >= 0.3 is 17.9 Å². The zero-order valence-electron chi connectivity index (χ0n) is 52.6. The number of allylic oxidation sites excluding steroid dienone is 18. The second kappa shape index (κ2) is 67.6. The lowest BCUT2D eigenvalue weighted by atomic mass is 10.1. The molecule has 0 bridgehead atoms. The first-order chi connectivity index (χ1) is 39.5. The third-order valence-electron chi connectivity index (χ3n) is 14.5. The fourth-order valence-electron chi connectivity index (χ4n) is 9.41. The van der Waals surface area contributed by atoms with Crippen molar-refractivity contribution in [3.05, 3.63) is 109 Å². The zero-order valence-corrected chi connectivity index (χ0v) is 52.6. The Bertz CT molecular complexity index is 1610. The molecular weight excluding hydrogens is 985 g/mol. The van der Waals surface area contributed by atoms with Gasteiger partial charge < -0.3 is 14.2 Å². The lowest BCUT2D eigenvalue weighted by Crippen LogP contribution is -2.30. The van der Waals surface area contributed by atoms with Crippen LogP contribution in [0.5, 0.6) is 0 Å². The van der Waals surface area contributed by atoms with Crippen molar-refractivity contribution in [3.63, 3.8) is 0 Å². The first-order valence-electron chi connectivity index (χ1n) is 33.9. The highest BCUT2D eigenvalue weighted by atomic mass is 16.6. The van der Waals surface area contributed by atoms with Crippen LogP contribution in [0.2, 0.25) is 0 Å². The number of carbonyl (C=O) groups excluding carboxylic acids is 3. The molecule has 0 spiro atoms. The molecule has 0 saturated heterocycles. The van der Waals surface area contributed by atoms with Gasteiger partial charge in [0.2, 0.25) is 0 Å².